The van der Waals surface area contributed by atoms with Crippen LogP contribution in [0.2, 0.25) is 5.02 Å². The van der Waals surface area contributed by atoms with E-state index >= 15 is 0 Å². The van der Waals surface area contributed by atoms with E-state index in [9.17, 15) is 0 Å². The quantitative estimate of drug-likeness (QED) is 0.779. The van der Waals surface area contributed by atoms with Crippen LogP contribution in [0.4, 0.5) is 0 Å². The third-order valence-electron chi connectivity index (χ3n) is 1.60. The standard InChI is InChI=1S/C9H12ClNO/c1-11-6-7-3-4-9(12-2)8(10)5-7/h3-5,11H,6H2,1-2H3. The summed E-state index contributed by atoms with van der Waals surface area (Å²) in [5.41, 5.74) is 1.16. The minimum absolute atomic E-state index is 0.658. The molecule has 1 N–H and O–H groups in total. The first-order valence-corrected chi connectivity index (χ1v) is 4.12. The lowest BCUT2D eigenvalue weighted by atomic mass is 10.2. The van der Waals surface area contributed by atoms with Crippen molar-refractivity contribution < 1.29 is 4.74 Å². The summed E-state index contributed by atoms with van der Waals surface area (Å²) in [6.07, 6.45) is 0. The van der Waals surface area contributed by atoms with Gasteiger partial charge < -0.3 is 10.1 Å². The van der Waals surface area contributed by atoms with Crippen LogP contribution < -0.4 is 10.1 Å². The number of methoxy groups -OCH3 is 1. The van der Waals surface area contributed by atoms with Crippen LogP contribution in [-0.4, -0.2) is 14.2 Å². The summed E-state index contributed by atoms with van der Waals surface area (Å²) in [5, 5.41) is 3.71. The first-order valence-electron chi connectivity index (χ1n) is 3.75. The molecule has 1 rings (SSSR count). The van der Waals surface area contributed by atoms with Crippen molar-refractivity contribution in [1.82, 2.24) is 5.32 Å². The molecule has 2 nitrogen and oxygen atoms in total. The highest BCUT2D eigenvalue weighted by molar-refractivity contribution is 6.32. The number of hydrogen-bond donors (Lipinski definition) is 1. The van der Waals surface area contributed by atoms with E-state index < -0.39 is 0 Å². The highest BCUT2D eigenvalue weighted by Crippen LogP contribution is 2.24. The largest absolute Gasteiger partial charge is 0.495 e. The lowest BCUT2D eigenvalue weighted by Crippen LogP contribution is -2.04. The van der Waals surface area contributed by atoms with Gasteiger partial charge in [0, 0.05) is 6.54 Å². The number of halogens is 1. The van der Waals surface area contributed by atoms with Crippen molar-refractivity contribution in [2.75, 3.05) is 14.2 Å². The molecular weight excluding hydrogens is 174 g/mol. The number of rotatable bonds is 3. The average Bonchev–Trinajstić information content (AvgIpc) is 2.05. The van der Waals surface area contributed by atoms with E-state index in [1.807, 2.05) is 25.2 Å². The molecule has 0 saturated heterocycles. The Morgan fingerprint density at radius 1 is 1.50 bits per heavy atom. The van der Waals surface area contributed by atoms with E-state index in [4.69, 9.17) is 16.3 Å². The zero-order valence-corrected chi connectivity index (χ0v) is 7.98. The Kier molecular flexibility index (Phi) is 3.38. The molecule has 0 aliphatic heterocycles. The van der Waals surface area contributed by atoms with Gasteiger partial charge in [-0.2, -0.15) is 0 Å². The third kappa shape index (κ3) is 2.13. The number of nitrogens with one attached hydrogen (secondary N) is 1. The maximum atomic E-state index is 5.91. The van der Waals surface area contributed by atoms with E-state index in [0.717, 1.165) is 17.9 Å². The summed E-state index contributed by atoms with van der Waals surface area (Å²) in [6.45, 7) is 0.823. The number of ether oxygens (including phenoxy) is 1. The molecule has 0 unspecified atom stereocenters. The smallest absolute Gasteiger partial charge is 0.137 e. The molecule has 66 valence electrons. The Bertz CT molecular complexity index is 263. The van der Waals surface area contributed by atoms with Crippen molar-refractivity contribution in [3.8, 4) is 5.75 Å². The summed E-state index contributed by atoms with van der Waals surface area (Å²) in [6, 6.07) is 5.76. The molecule has 0 aliphatic carbocycles. The minimum Gasteiger partial charge on any atom is -0.495 e. The van der Waals surface area contributed by atoms with Crippen LogP contribution in [0, 0.1) is 0 Å². The van der Waals surface area contributed by atoms with Crippen LogP contribution in [0.25, 0.3) is 0 Å². The topological polar surface area (TPSA) is 21.3 Å². The molecule has 0 bridgehead atoms. The summed E-state index contributed by atoms with van der Waals surface area (Å²) < 4.78 is 5.03. The molecule has 1 aromatic rings. The number of hydrogen-bond acceptors (Lipinski definition) is 2. The summed E-state index contributed by atoms with van der Waals surface area (Å²) >= 11 is 5.91. The SMILES string of the molecule is CNCc1ccc(OC)c(Cl)c1. The highest BCUT2D eigenvalue weighted by atomic mass is 35.5. The van der Waals surface area contributed by atoms with Crippen molar-refractivity contribution in [2.45, 2.75) is 6.54 Å². The Hall–Kier alpha value is -0.730. The van der Waals surface area contributed by atoms with Gasteiger partial charge in [-0.3, -0.25) is 0 Å². The fourth-order valence-electron chi connectivity index (χ4n) is 1.02. The zero-order chi connectivity index (χ0) is 8.97. The van der Waals surface area contributed by atoms with Gasteiger partial charge in [-0.1, -0.05) is 17.7 Å². The van der Waals surface area contributed by atoms with Gasteiger partial charge >= 0.3 is 0 Å². The van der Waals surface area contributed by atoms with Crippen molar-refractivity contribution in [1.29, 1.82) is 0 Å². The van der Waals surface area contributed by atoms with Crippen LogP contribution in [0.15, 0.2) is 18.2 Å². The molecule has 3 heteroatoms. The monoisotopic (exact) mass is 185 g/mol. The molecule has 1 aromatic carbocycles. The predicted octanol–water partition coefficient (Wildman–Crippen LogP) is 2.07. The summed E-state index contributed by atoms with van der Waals surface area (Å²) in [7, 11) is 3.51. The molecule has 0 atom stereocenters. The Labute approximate surface area is 77.5 Å². The van der Waals surface area contributed by atoms with Gasteiger partial charge in [0.05, 0.1) is 12.1 Å². The van der Waals surface area contributed by atoms with Gasteiger partial charge in [-0.05, 0) is 24.7 Å². The lowest BCUT2D eigenvalue weighted by molar-refractivity contribution is 0.415. The second kappa shape index (κ2) is 4.33. The molecule has 0 amide bonds. The first kappa shape index (κ1) is 9.36. The molecule has 0 saturated carbocycles. The fourth-order valence-corrected chi connectivity index (χ4v) is 1.30. The number of benzene rings is 1. The zero-order valence-electron chi connectivity index (χ0n) is 7.23. The predicted molar refractivity (Wildman–Crippen MR) is 50.8 cm³/mol. The van der Waals surface area contributed by atoms with Gasteiger partial charge in [-0.15, -0.1) is 0 Å². The van der Waals surface area contributed by atoms with Crippen LogP contribution in [0.5, 0.6) is 5.75 Å². The van der Waals surface area contributed by atoms with Crippen molar-refractivity contribution >= 4 is 11.6 Å². The minimum atomic E-state index is 0.658. The normalized spacial score (nSPS) is 9.92. The Balaban J connectivity index is 2.86. The van der Waals surface area contributed by atoms with E-state index in [0.29, 0.717) is 5.02 Å². The van der Waals surface area contributed by atoms with Crippen LogP contribution in [0.1, 0.15) is 5.56 Å². The lowest BCUT2D eigenvalue weighted by Gasteiger charge is -2.04. The summed E-state index contributed by atoms with van der Waals surface area (Å²) in [5.74, 6) is 0.719. The van der Waals surface area contributed by atoms with Gasteiger partial charge in [0.1, 0.15) is 5.75 Å². The molecule has 0 aromatic heterocycles. The van der Waals surface area contributed by atoms with E-state index in [-0.39, 0.29) is 0 Å². The van der Waals surface area contributed by atoms with Crippen molar-refractivity contribution in [3.05, 3.63) is 28.8 Å². The third-order valence-corrected chi connectivity index (χ3v) is 1.89. The maximum Gasteiger partial charge on any atom is 0.137 e. The van der Waals surface area contributed by atoms with E-state index in [1.54, 1.807) is 7.11 Å². The van der Waals surface area contributed by atoms with Gasteiger partial charge in [0.25, 0.3) is 0 Å². The second-order valence-electron chi connectivity index (χ2n) is 2.50. The average molecular weight is 186 g/mol. The fraction of sp³-hybridized carbons (Fsp3) is 0.333. The maximum absolute atomic E-state index is 5.91. The van der Waals surface area contributed by atoms with Crippen LogP contribution in [0.3, 0.4) is 0 Å². The Morgan fingerprint density at radius 2 is 2.25 bits per heavy atom. The van der Waals surface area contributed by atoms with Crippen molar-refractivity contribution in [2.24, 2.45) is 0 Å². The first-order chi connectivity index (χ1) is 5.77. The molecule has 0 aliphatic rings. The van der Waals surface area contributed by atoms with Crippen LogP contribution in [-0.2, 0) is 6.54 Å². The molecule has 0 fully saturated rings. The summed E-state index contributed by atoms with van der Waals surface area (Å²) in [4.78, 5) is 0. The van der Waals surface area contributed by atoms with Crippen molar-refractivity contribution in [3.63, 3.8) is 0 Å². The van der Waals surface area contributed by atoms with Gasteiger partial charge in [-0.25, -0.2) is 0 Å². The molecular formula is C9H12ClNO. The molecule has 0 spiro atoms. The molecule has 12 heavy (non-hydrogen) atoms. The second-order valence-corrected chi connectivity index (χ2v) is 2.91. The molecule has 0 heterocycles. The van der Waals surface area contributed by atoms with Crippen LogP contribution >= 0.6 is 11.6 Å². The van der Waals surface area contributed by atoms with Gasteiger partial charge in [0.2, 0.25) is 0 Å². The molecule has 0 radical (unpaired) electrons. The highest BCUT2D eigenvalue weighted by Gasteiger charge is 1.99. The van der Waals surface area contributed by atoms with E-state index in [1.165, 1.54) is 0 Å². The van der Waals surface area contributed by atoms with E-state index in [2.05, 4.69) is 5.32 Å². The Morgan fingerprint density at radius 3 is 2.75 bits per heavy atom. The van der Waals surface area contributed by atoms with Gasteiger partial charge in [0.15, 0.2) is 0 Å².